The summed E-state index contributed by atoms with van der Waals surface area (Å²) in [7, 11) is -1.95. The van der Waals surface area contributed by atoms with Gasteiger partial charge in [0.2, 0.25) is 15.9 Å². The van der Waals surface area contributed by atoms with Crippen LogP contribution >= 0.6 is 0 Å². The molecule has 0 radical (unpaired) electrons. The van der Waals surface area contributed by atoms with Gasteiger partial charge >= 0.3 is 0 Å². The van der Waals surface area contributed by atoms with Crippen LogP contribution in [0, 0.1) is 19.7 Å². The molecule has 31 heavy (non-hydrogen) atoms. The Morgan fingerprint density at radius 3 is 2.58 bits per heavy atom. The second-order valence-corrected chi connectivity index (χ2v) is 9.11. The molecule has 2 N–H and O–H groups in total. The Bertz CT molecular complexity index is 1190. The second-order valence-electron chi connectivity index (χ2n) is 7.35. The Balaban J connectivity index is 1.67. The summed E-state index contributed by atoms with van der Waals surface area (Å²) in [5.41, 5.74) is 2.41. The van der Waals surface area contributed by atoms with Crippen LogP contribution in [0.2, 0.25) is 0 Å². The molecule has 3 aromatic rings. The van der Waals surface area contributed by atoms with E-state index in [1.54, 1.807) is 48.3 Å². The fourth-order valence-corrected chi connectivity index (χ4v) is 4.25. The molecule has 1 unspecified atom stereocenters. The third-order valence-electron chi connectivity index (χ3n) is 5.04. The van der Waals surface area contributed by atoms with Gasteiger partial charge in [-0.3, -0.25) is 4.79 Å². The van der Waals surface area contributed by atoms with E-state index in [4.69, 9.17) is 0 Å². The van der Waals surface area contributed by atoms with Crippen molar-refractivity contribution in [2.45, 2.75) is 31.2 Å². The van der Waals surface area contributed by atoms with E-state index in [9.17, 15) is 17.6 Å². The molecule has 0 aliphatic rings. The first-order valence-corrected chi connectivity index (χ1v) is 11.2. The number of nitrogens with one attached hydrogen (secondary N) is 2. The van der Waals surface area contributed by atoms with Gasteiger partial charge in [-0.25, -0.2) is 22.5 Å². The number of carbonyl (C=O) groups excluding carboxylic acids is 1. The van der Waals surface area contributed by atoms with E-state index in [1.807, 2.05) is 13.8 Å². The molecule has 164 valence electrons. The Kier molecular flexibility index (Phi) is 6.87. The summed E-state index contributed by atoms with van der Waals surface area (Å²) in [5.74, 6) is -0.276. The van der Waals surface area contributed by atoms with Crippen LogP contribution in [0.4, 0.5) is 4.39 Å². The van der Waals surface area contributed by atoms with E-state index in [0.717, 1.165) is 11.1 Å². The number of aromatic nitrogens is 2. The number of amides is 1. The van der Waals surface area contributed by atoms with Gasteiger partial charge in [-0.05, 0) is 54.8 Å². The molecule has 1 aromatic heterocycles. The Morgan fingerprint density at radius 1 is 1.16 bits per heavy atom. The summed E-state index contributed by atoms with van der Waals surface area (Å²) < 4.78 is 42.9. The highest BCUT2D eigenvalue weighted by Crippen LogP contribution is 2.21. The Morgan fingerprint density at radius 2 is 1.94 bits per heavy atom. The van der Waals surface area contributed by atoms with E-state index in [1.165, 1.54) is 18.2 Å². The van der Waals surface area contributed by atoms with Gasteiger partial charge in [0.25, 0.3) is 0 Å². The van der Waals surface area contributed by atoms with Crippen molar-refractivity contribution in [1.29, 1.82) is 0 Å². The fraction of sp³-hybridized carbons (Fsp3) is 0.273. The Hall–Kier alpha value is -3.04. The van der Waals surface area contributed by atoms with E-state index in [-0.39, 0.29) is 23.8 Å². The van der Waals surface area contributed by atoms with Crippen LogP contribution in [0.1, 0.15) is 35.0 Å². The zero-order chi connectivity index (χ0) is 22.6. The van der Waals surface area contributed by atoms with Gasteiger partial charge in [-0.2, -0.15) is 0 Å². The van der Waals surface area contributed by atoms with Gasteiger partial charge in [0.1, 0.15) is 17.7 Å². The van der Waals surface area contributed by atoms with Gasteiger partial charge < -0.3 is 9.88 Å². The number of aryl methyl sites for hydroxylation is 3. The SMILES string of the molecule is Cc1ccc(S(=O)(=O)NCCC(=O)NC(c2cccc(F)c2)c2nccn2C)cc1C. The molecule has 9 heteroatoms. The Labute approximate surface area is 181 Å². The third kappa shape index (κ3) is 5.56. The molecule has 0 aliphatic carbocycles. The fourth-order valence-electron chi connectivity index (χ4n) is 3.13. The maximum absolute atomic E-state index is 13.7. The number of halogens is 1. The lowest BCUT2D eigenvalue weighted by molar-refractivity contribution is -0.121. The minimum Gasteiger partial charge on any atom is -0.342 e. The molecule has 2 aromatic carbocycles. The summed E-state index contributed by atoms with van der Waals surface area (Å²) in [6, 6.07) is 10.1. The topological polar surface area (TPSA) is 93.1 Å². The zero-order valence-electron chi connectivity index (χ0n) is 17.6. The van der Waals surface area contributed by atoms with Crippen LogP contribution in [-0.2, 0) is 21.9 Å². The highest BCUT2D eigenvalue weighted by molar-refractivity contribution is 7.89. The van der Waals surface area contributed by atoms with Gasteiger partial charge in [-0.15, -0.1) is 0 Å². The van der Waals surface area contributed by atoms with Crippen molar-refractivity contribution in [2.24, 2.45) is 7.05 Å². The maximum atomic E-state index is 13.7. The first-order valence-electron chi connectivity index (χ1n) is 9.76. The standard InChI is InChI=1S/C22H25FN4O3S/c1-15-7-8-19(13-16(15)2)31(29,30)25-10-9-20(28)26-21(22-24-11-12-27(22)3)17-5-4-6-18(23)14-17/h4-8,11-14,21,25H,9-10H2,1-3H3,(H,26,28). The lowest BCUT2D eigenvalue weighted by Crippen LogP contribution is -2.34. The summed E-state index contributed by atoms with van der Waals surface area (Å²) in [4.78, 5) is 17.0. The lowest BCUT2D eigenvalue weighted by atomic mass is 10.1. The zero-order valence-corrected chi connectivity index (χ0v) is 18.4. The van der Waals surface area contributed by atoms with Gasteiger partial charge in [0.05, 0.1) is 4.90 Å². The number of carbonyl (C=O) groups is 1. The predicted molar refractivity (Wildman–Crippen MR) is 115 cm³/mol. The van der Waals surface area contributed by atoms with Crippen LogP contribution in [0.15, 0.2) is 59.8 Å². The molecule has 3 rings (SSSR count). The molecule has 0 aliphatic heterocycles. The summed E-state index contributed by atoms with van der Waals surface area (Å²) in [6.07, 6.45) is 3.23. The summed E-state index contributed by atoms with van der Waals surface area (Å²) in [5, 5.41) is 2.82. The molecular weight excluding hydrogens is 419 g/mol. The molecule has 0 bridgehead atoms. The van der Waals surface area contributed by atoms with E-state index >= 15 is 0 Å². The first-order chi connectivity index (χ1) is 14.7. The third-order valence-corrected chi connectivity index (χ3v) is 6.50. The number of imidazole rings is 1. The van der Waals surface area contributed by atoms with Gasteiger partial charge in [0.15, 0.2) is 0 Å². The molecule has 0 saturated heterocycles. The lowest BCUT2D eigenvalue weighted by Gasteiger charge is -2.19. The number of benzene rings is 2. The van der Waals surface area contributed by atoms with Crippen molar-refractivity contribution in [3.05, 3.63) is 83.2 Å². The van der Waals surface area contributed by atoms with Crippen LogP contribution < -0.4 is 10.0 Å². The highest BCUT2D eigenvalue weighted by atomic mass is 32.2. The predicted octanol–water partition coefficient (Wildman–Crippen LogP) is 2.75. The van der Waals surface area contributed by atoms with Gasteiger partial charge in [0, 0.05) is 32.4 Å². The van der Waals surface area contributed by atoms with Crippen molar-refractivity contribution < 1.29 is 17.6 Å². The van der Waals surface area contributed by atoms with E-state index in [0.29, 0.717) is 11.4 Å². The molecule has 0 saturated carbocycles. The molecule has 1 atom stereocenters. The highest BCUT2D eigenvalue weighted by Gasteiger charge is 2.22. The number of hydrogen-bond donors (Lipinski definition) is 2. The van der Waals surface area contributed by atoms with Crippen LogP contribution in [0.25, 0.3) is 0 Å². The average molecular weight is 445 g/mol. The first kappa shape index (κ1) is 22.6. The molecule has 1 amide bonds. The summed E-state index contributed by atoms with van der Waals surface area (Å²) in [6.45, 7) is 3.67. The van der Waals surface area contributed by atoms with E-state index in [2.05, 4.69) is 15.0 Å². The molecule has 7 nitrogen and oxygen atoms in total. The minimum absolute atomic E-state index is 0.0719. The van der Waals surface area contributed by atoms with Crippen LogP contribution in [0.3, 0.4) is 0 Å². The van der Waals surface area contributed by atoms with Crippen molar-refractivity contribution in [1.82, 2.24) is 19.6 Å². The molecule has 0 fully saturated rings. The maximum Gasteiger partial charge on any atom is 0.240 e. The molecular formula is C22H25FN4O3S. The number of rotatable bonds is 8. The monoisotopic (exact) mass is 444 g/mol. The van der Waals surface area contributed by atoms with E-state index < -0.39 is 21.9 Å². The van der Waals surface area contributed by atoms with Crippen molar-refractivity contribution in [2.75, 3.05) is 6.54 Å². The average Bonchev–Trinajstić information content (AvgIpc) is 3.13. The normalized spacial score (nSPS) is 12.5. The quantitative estimate of drug-likeness (QED) is 0.559. The van der Waals surface area contributed by atoms with Crippen molar-refractivity contribution in [3.8, 4) is 0 Å². The molecule has 1 heterocycles. The van der Waals surface area contributed by atoms with Gasteiger partial charge in [-0.1, -0.05) is 18.2 Å². The molecule has 0 spiro atoms. The van der Waals surface area contributed by atoms with Crippen molar-refractivity contribution in [3.63, 3.8) is 0 Å². The minimum atomic E-state index is -3.73. The van der Waals surface area contributed by atoms with Crippen LogP contribution in [-0.4, -0.2) is 30.4 Å². The van der Waals surface area contributed by atoms with Crippen LogP contribution in [0.5, 0.6) is 0 Å². The summed E-state index contributed by atoms with van der Waals surface area (Å²) >= 11 is 0. The number of nitrogens with zero attached hydrogens (tertiary/aromatic N) is 2. The van der Waals surface area contributed by atoms with Crippen molar-refractivity contribution >= 4 is 15.9 Å². The number of hydrogen-bond acceptors (Lipinski definition) is 4. The largest absolute Gasteiger partial charge is 0.342 e. The number of sulfonamides is 1. The smallest absolute Gasteiger partial charge is 0.240 e. The second kappa shape index (κ2) is 9.40.